The normalized spacial score (nSPS) is 10.9. The second kappa shape index (κ2) is 26.6. The SMILES string of the molecule is C.C.C.C.C.CC(C)(C)C.CC(C)(C)C.CC(C)(C)C.CC(C)(C)NSc1nc2ccccc2s1.CC(C)(C)NSc1nc2ccccc2s1. The molecule has 0 unspecified atom stereocenters. The number of hydrogen-bond donors (Lipinski definition) is 2. The van der Waals surface area contributed by atoms with E-state index < -0.39 is 0 Å². The Morgan fingerprint density at radius 2 is 0.640 bits per heavy atom. The summed E-state index contributed by atoms with van der Waals surface area (Å²) in [6.07, 6.45) is 0. The average Bonchev–Trinajstić information content (AvgIpc) is 3.41. The minimum Gasteiger partial charge on any atom is -0.253 e. The second-order valence-corrected chi connectivity index (χ2v) is 22.0. The molecule has 2 heterocycles. The van der Waals surface area contributed by atoms with Crippen LogP contribution in [0.25, 0.3) is 20.4 Å². The highest BCUT2D eigenvalue weighted by Crippen LogP contribution is 2.29. The van der Waals surface area contributed by atoms with Crippen molar-refractivity contribution in [2.45, 2.75) is 182 Å². The minimum absolute atomic E-state index is 0. The Morgan fingerprint density at radius 3 is 0.840 bits per heavy atom. The zero-order valence-electron chi connectivity index (χ0n) is 31.6. The van der Waals surface area contributed by atoms with E-state index in [1.165, 1.54) is 9.40 Å². The summed E-state index contributed by atoms with van der Waals surface area (Å²) in [5, 5.41) is 0. The van der Waals surface area contributed by atoms with Gasteiger partial charge in [0.25, 0.3) is 0 Å². The molecule has 0 aliphatic carbocycles. The molecule has 0 aliphatic heterocycles. The standard InChI is InChI=1S/2C11H14N2S2.3C5H12.5CH4/c2*1-11(2,3)13-15-10-12-8-6-4-5-7-9(8)14-10;3*1-5(2,3)4;;;;;/h2*4-7,13H,1-3H3;3*1-4H3;5*1H4. The third kappa shape index (κ3) is 41.3. The van der Waals surface area contributed by atoms with Gasteiger partial charge in [-0.15, -0.1) is 22.7 Å². The Hall–Kier alpha value is -1.16. The molecule has 0 spiro atoms. The average molecular weight is 773 g/mol. The molecule has 50 heavy (non-hydrogen) atoms. The molecular formula is C42H84N4S4. The number of benzene rings is 2. The van der Waals surface area contributed by atoms with E-state index in [-0.39, 0.29) is 48.2 Å². The van der Waals surface area contributed by atoms with Gasteiger partial charge in [-0.25, -0.2) is 9.97 Å². The molecule has 4 aromatic rings. The highest BCUT2D eigenvalue weighted by atomic mass is 32.2. The Morgan fingerprint density at radius 1 is 0.420 bits per heavy atom. The van der Waals surface area contributed by atoms with Crippen molar-refractivity contribution in [3.05, 3.63) is 48.5 Å². The van der Waals surface area contributed by atoms with E-state index in [1.807, 2.05) is 36.4 Å². The van der Waals surface area contributed by atoms with Gasteiger partial charge < -0.3 is 0 Å². The lowest BCUT2D eigenvalue weighted by Gasteiger charge is -2.17. The van der Waals surface area contributed by atoms with Crippen molar-refractivity contribution in [1.82, 2.24) is 19.4 Å². The van der Waals surface area contributed by atoms with Crippen LogP contribution in [0.3, 0.4) is 0 Å². The van der Waals surface area contributed by atoms with Crippen LogP contribution in [0.1, 0.15) is 162 Å². The number of rotatable bonds is 4. The third-order valence-corrected chi connectivity index (χ3v) is 8.06. The van der Waals surface area contributed by atoms with Crippen molar-refractivity contribution >= 4 is 67.0 Å². The Bertz CT molecular complexity index is 1160. The summed E-state index contributed by atoms with van der Waals surface area (Å²) in [6.45, 7) is 39.1. The topological polar surface area (TPSA) is 49.8 Å². The van der Waals surface area contributed by atoms with Crippen molar-refractivity contribution < 1.29 is 0 Å². The molecule has 0 radical (unpaired) electrons. The number of nitrogens with zero attached hydrogens (tertiary/aromatic N) is 2. The molecule has 4 nitrogen and oxygen atoms in total. The van der Waals surface area contributed by atoms with Gasteiger partial charge in [-0.3, -0.25) is 9.44 Å². The Labute approximate surface area is 330 Å². The van der Waals surface area contributed by atoms with Crippen LogP contribution in [-0.4, -0.2) is 21.0 Å². The molecular weight excluding hydrogens is 689 g/mol. The molecule has 2 aromatic heterocycles. The largest absolute Gasteiger partial charge is 0.253 e. The molecule has 8 heteroatoms. The predicted octanol–water partition coefficient (Wildman–Crippen LogP) is 16.7. The molecule has 2 N–H and O–H groups in total. The highest BCUT2D eigenvalue weighted by molar-refractivity contribution is 7.99. The van der Waals surface area contributed by atoms with Gasteiger partial charge in [0.2, 0.25) is 0 Å². The fourth-order valence-corrected chi connectivity index (χ4v) is 5.77. The van der Waals surface area contributed by atoms with Crippen molar-refractivity contribution in [3.63, 3.8) is 0 Å². The molecule has 0 amide bonds. The summed E-state index contributed by atoms with van der Waals surface area (Å²) in [6, 6.07) is 16.4. The zero-order chi connectivity index (χ0) is 35.3. The van der Waals surface area contributed by atoms with Crippen LogP contribution < -0.4 is 9.44 Å². The number of aromatic nitrogens is 2. The second-order valence-electron chi connectivity index (χ2n) is 17.8. The predicted molar refractivity (Wildman–Crippen MR) is 246 cm³/mol. The highest BCUT2D eigenvalue weighted by Gasteiger charge is 2.12. The molecule has 0 aliphatic rings. The number of para-hydroxylation sites is 2. The molecule has 2 aromatic carbocycles. The van der Waals surface area contributed by atoms with Gasteiger partial charge in [-0.2, -0.15) is 0 Å². The zero-order valence-corrected chi connectivity index (χ0v) is 34.9. The van der Waals surface area contributed by atoms with Crippen LogP contribution in [0.2, 0.25) is 0 Å². The summed E-state index contributed by atoms with van der Waals surface area (Å²) in [5.74, 6) is 0. The van der Waals surface area contributed by atoms with Gasteiger partial charge in [0.05, 0.1) is 20.4 Å². The fourth-order valence-electron chi connectivity index (χ4n) is 2.18. The van der Waals surface area contributed by atoms with Crippen LogP contribution in [0.5, 0.6) is 0 Å². The fraction of sp³-hybridized carbons (Fsp3) is 0.667. The van der Waals surface area contributed by atoms with Gasteiger partial charge in [-0.1, -0.05) is 144 Å². The lowest BCUT2D eigenvalue weighted by molar-refractivity contribution is 0.469. The van der Waals surface area contributed by atoms with E-state index in [1.54, 1.807) is 46.6 Å². The van der Waals surface area contributed by atoms with E-state index in [9.17, 15) is 0 Å². The summed E-state index contributed by atoms with van der Waals surface area (Å²) in [4.78, 5) is 9.07. The Balaban J connectivity index is -0.000000130. The van der Waals surface area contributed by atoms with E-state index >= 15 is 0 Å². The van der Waals surface area contributed by atoms with E-state index in [0.717, 1.165) is 19.7 Å². The van der Waals surface area contributed by atoms with Crippen LogP contribution >= 0.6 is 46.6 Å². The maximum Gasteiger partial charge on any atom is 0.166 e. The molecule has 0 saturated heterocycles. The van der Waals surface area contributed by atoms with Crippen LogP contribution in [-0.2, 0) is 0 Å². The van der Waals surface area contributed by atoms with Gasteiger partial charge >= 0.3 is 0 Å². The minimum atomic E-state index is 0. The molecule has 0 atom stereocenters. The van der Waals surface area contributed by atoms with Gasteiger partial charge in [-0.05, 0) is 106 Å². The quantitative estimate of drug-likeness (QED) is 0.202. The maximum atomic E-state index is 4.53. The number of hydrogen-bond acceptors (Lipinski definition) is 8. The van der Waals surface area contributed by atoms with Gasteiger partial charge in [0, 0.05) is 11.1 Å². The maximum absolute atomic E-state index is 4.53. The number of fused-ring (bicyclic) bond motifs is 2. The van der Waals surface area contributed by atoms with E-state index in [2.05, 4.69) is 156 Å². The first-order chi connectivity index (χ1) is 20.1. The summed E-state index contributed by atoms with van der Waals surface area (Å²) in [5.41, 5.74) is 3.90. The van der Waals surface area contributed by atoms with Crippen LogP contribution in [0, 0.1) is 16.2 Å². The van der Waals surface area contributed by atoms with E-state index in [4.69, 9.17) is 0 Å². The smallest absolute Gasteiger partial charge is 0.166 e. The monoisotopic (exact) mass is 773 g/mol. The molecule has 296 valence electrons. The van der Waals surface area contributed by atoms with E-state index in [0.29, 0.717) is 16.2 Å². The van der Waals surface area contributed by atoms with Crippen molar-refractivity contribution in [3.8, 4) is 0 Å². The van der Waals surface area contributed by atoms with Crippen molar-refractivity contribution in [2.75, 3.05) is 0 Å². The first-order valence-corrected chi connectivity index (χ1v) is 18.9. The summed E-state index contributed by atoms with van der Waals surface area (Å²) < 4.78 is 11.4. The number of thiazole rings is 2. The van der Waals surface area contributed by atoms with Gasteiger partial charge in [0.1, 0.15) is 0 Å². The van der Waals surface area contributed by atoms with Crippen LogP contribution in [0.4, 0.5) is 0 Å². The first kappa shape index (κ1) is 60.9. The number of nitrogens with one attached hydrogen (secondary N) is 2. The Kier molecular flexibility index (Phi) is 32.4. The lowest BCUT2D eigenvalue weighted by Crippen LogP contribution is -2.29. The third-order valence-electron chi connectivity index (χ3n) is 3.44. The summed E-state index contributed by atoms with van der Waals surface area (Å²) >= 11 is 6.68. The first-order valence-electron chi connectivity index (χ1n) is 15.7. The molecule has 4 rings (SSSR count). The molecule has 0 bridgehead atoms. The van der Waals surface area contributed by atoms with Crippen LogP contribution in [0.15, 0.2) is 57.2 Å². The summed E-state index contributed by atoms with van der Waals surface area (Å²) in [7, 11) is 0. The lowest BCUT2D eigenvalue weighted by atomic mass is 10.0. The van der Waals surface area contributed by atoms with Gasteiger partial charge in [0.15, 0.2) is 8.68 Å². The molecule has 0 saturated carbocycles. The van der Waals surface area contributed by atoms with Crippen molar-refractivity contribution in [1.29, 1.82) is 0 Å². The molecule has 0 fully saturated rings. The van der Waals surface area contributed by atoms with Crippen molar-refractivity contribution in [2.24, 2.45) is 16.2 Å².